The fourth-order valence-electron chi connectivity index (χ4n) is 2.52. The van der Waals surface area contributed by atoms with Gasteiger partial charge in [-0.1, -0.05) is 0 Å². The number of likely N-dealkylation sites (N-methyl/N-ethyl adjacent to an activating group) is 1. The molecule has 1 aromatic carbocycles. The van der Waals surface area contributed by atoms with Crippen LogP contribution >= 0.6 is 0 Å². The van der Waals surface area contributed by atoms with Crippen molar-refractivity contribution >= 4 is 16.7 Å². The number of benzene rings is 1. The minimum atomic E-state index is 0.608. The molecule has 0 amide bonds. The van der Waals surface area contributed by atoms with E-state index in [9.17, 15) is 0 Å². The van der Waals surface area contributed by atoms with E-state index >= 15 is 0 Å². The van der Waals surface area contributed by atoms with Crippen molar-refractivity contribution in [3.05, 3.63) is 24.5 Å². The Kier molecular flexibility index (Phi) is 2.52. The van der Waals surface area contributed by atoms with Crippen molar-refractivity contribution in [1.29, 1.82) is 0 Å². The molecular weight excluding hydrogens is 212 g/mol. The molecule has 1 atom stereocenters. The summed E-state index contributed by atoms with van der Waals surface area (Å²) >= 11 is 0. The van der Waals surface area contributed by atoms with E-state index in [1.54, 1.807) is 0 Å². The molecule has 1 aromatic heterocycles. The van der Waals surface area contributed by atoms with E-state index in [0.717, 1.165) is 18.6 Å². The molecule has 1 aliphatic heterocycles. The number of hydrogen-bond donors (Lipinski definition) is 1. The van der Waals surface area contributed by atoms with E-state index in [1.165, 1.54) is 17.6 Å². The van der Waals surface area contributed by atoms with Crippen LogP contribution in [0, 0.1) is 0 Å². The van der Waals surface area contributed by atoms with Gasteiger partial charge in [-0.2, -0.15) is 0 Å². The molecule has 0 aliphatic carbocycles. The maximum absolute atomic E-state index is 4.41. The number of aryl methyl sites for hydroxylation is 1. The van der Waals surface area contributed by atoms with Crippen molar-refractivity contribution in [3.8, 4) is 0 Å². The summed E-state index contributed by atoms with van der Waals surface area (Å²) in [4.78, 5) is 6.76. The molecule has 3 rings (SSSR count). The molecule has 1 aliphatic rings. The fraction of sp³-hybridized carbons (Fsp3) is 0.462. The molecule has 0 spiro atoms. The molecule has 0 saturated carbocycles. The van der Waals surface area contributed by atoms with Crippen molar-refractivity contribution in [2.75, 3.05) is 25.0 Å². The topological polar surface area (TPSA) is 33.1 Å². The van der Waals surface area contributed by atoms with Gasteiger partial charge in [0.15, 0.2) is 0 Å². The highest BCUT2D eigenvalue weighted by atomic mass is 15.2. The Morgan fingerprint density at radius 3 is 3.12 bits per heavy atom. The number of rotatable bonds is 2. The van der Waals surface area contributed by atoms with Gasteiger partial charge in [-0.3, -0.25) is 0 Å². The summed E-state index contributed by atoms with van der Waals surface area (Å²) in [6.45, 7) is 2.21. The smallest absolute Gasteiger partial charge is 0.0955 e. The molecule has 4 heteroatoms. The number of imidazole rings is 1. The number of fused-ring (bicyclic) bond motifs is 1. The van der Waals surface area contributed by atoms with Crippen LogP contribution in [-0.4, -0.2) is 35.7 Å². The third kappa shape index (κ3) is 1.78. The first-order valence-electron chi connectivity index (χ1n) is 6.10. The van der Waals surface area contributed by atoms with Crippen LogP contribution in [0.2, 0.25) is 0 Å². The SMILES string of the molecule is CN(c1ccc2c(c1)ncn2C)C1CCNC1. The minimum Gasteiger partial charge on any atom is -0.370 e. The molecule has 0 bridgehead atoms. The zero-order chi connectivity index (χ0) is 11.8. The Morgan fingerprint density at radius 2 is 2.35 bits per heavy atom. The molecular formula is C13H18N4. The minimum absolute atomic E-state index is 0.608. The van der Waals surface area contributed by atoms with E-state index in [4.69, 9.17) is 0 Å². The first kappa shape index (κ1) is 10.6. The second kappa shape index (κ2) is 4.04. The average Bonchev–Trinajstić information content (AvgIpc) is 2.98. The lowest BCUT2D eigenvalue weighted by molar-refractivity contribution is 0.686. The second-order valence-electron chi connectivity index (χ2n) is 4.79. The van der Waals surface area contributed by atoms with E-state index < -0.39 is 0 Å². The third-order valence-electron chi connectivity index (χ3n) is 3.70. The van der Waals surface area contributed by atoms with Gasteiger partial charge in [-0.15, -0.1) is 0 Å². The lowest BCUT2D eigenvalue weighted by Gasteiger charge is -2.25. The molecule has 2 aromatic rings. The zero-order valence-corrected chi connectivity index (χ0v) is 10.3. The van der Waals surface area contributed by atoms with Crippen molar-refractivity contribution in [2.45, 2.75) is 12.5 Å². The molecule has 17 heavy (non-hydrogen) atoms. The molecule has 90 valence electrons. The molecule has 1 fully saturated rings. The molecule has 4 nitrogen and oxygen atoms in total. The maximum Gasteiger partial charge on any atom is 0.0955 e. The van der Waals surface area contributed by atoms with Gasteiger partial charge in [0.25, 0.3) is 0 Å². The van der Waals surface area contributed by atoms with Crippen LogP contribution in [0.4, 0.5) is 5.69 Å². The zero-order valence-electron chi connectivity index (χ0n) is 10.3. The predicted molar refractivity (Wildman–Crippen MR) is 70.4 cm³/mol. The summed E-state index contributed by atoms with van der Waals surface area (Å²) in [7, 11) is 4.20. The highest BCUT2D eigenvalue weighted by molar-refractivity contribution is 5.79. The molecule has 0 radical (unpaired) electrons. The Morgan fingerprint density at radius 1 is 1.47 bits per heavy atom. The van der Waals surface area contributed by atoms with Crippen LogP contribution in [0.3, 0.4) is 0 Å². The van der Waals surface area contributed by atoms with Crippen molar-refractivity contribution < 1.29 is 0 Å². The summed E-state index contributed by atoms with van der Waals surface area (Å²) in [6.07, 6.45) is 3.09. The van der Waals surface area contributed by atoms with Crippen LogP contribution < -0.4 is 10.2 Å². The normalized spacial score (nSPS) is 20.0. The first-order chi connectivity index (χ1) is 8.25. The number of nitrogens with zero attached hydrogens (tertiary/aromatic N) is 3. The summed E-state index contributed by atoms with van der Waals surface area (Å²) in [5, 5.41) is 3.40. The quantitative estimate of drug-likeness (QED) is 0.846. The number of anilines is 1. The van der Waals surface area contributed by atoms with Gasteiger partial charge in [0, 0.05) is 32.4 Å². The number of aromatic nitrogens is 2. The van der Waals surface area contributed by atoms with Gasteiger partial charge in [-0.25, -0.2) is 4.98 Å². The molecule has 1 N–H and O–H groups in total. The van der Waals surface area contributed by atoms with Crippen LogP contribution in [0.15, 0.2) is 24.5 Å². The van der Waals surface area contributed by atoms with Crippen LogP contribution in [0.1, 0.15) is 6.42 Å². The Labute approximate surface area is 101 Å². The highest BCUT2D eigenvalue weighted by Gasteiger charge is 2.19. The standard InChI is InChI=1S/C13H18N4/c1-16-9-15-12-7-10(3-4-13(12)16)17(2)11-5-6-14-8-11/h3-4,7,9,11,14H,5-6,8H2,1-2H3. The number of nitrogens with one attached hydrogen (secondary N) is 1. The Balaban J connectivity index is 1.94. The number of hydrogen-bond acceptors (Lipinski definition) is 3. The molecule has 2 heterocycles. The van der Waals surface area contributed by atoms with Crippen molar-refractivity contribution in [1.82, 2.24) is 14.9 Å². The average molecular weight is 230 g/mol. The predicted octanol–water partition coefficient (Wildman–Crippen LogP) is 1.37. The lowest BCUT2D eigenvalue weighted by Crippen LogP contribution is -2.33. The third-order valence-corrected chi connectivity index (χ3v) is 3.70. The van der Waals surface area contributed by atoms with E-state index in [1.807, 2.05) is 13.4 Å². The van der Waals surface area contributed by atoms with Gasteiger partial charge in [-0.05, 0) is 31.2 Å². The summed E-state index contributed by atoms with van der Waals surface area (Å²) in [5.74, 6) is 0. The van der Waals surface area contributed by atoms with Crippen molar-refractivity contribution in [3.63, 3.8) is 0 Å². The second-order valence-corrected chi connectivity index (χ2v) is 4.79. The summed E-state index contributed by atoms with van der Waals surface area (Å²) in [6, 6.07) is 7.11. The highest BCUT2D eigenvalue weighted by Crippen LogP contribution is 2.23. The van der Waals surface area contributed by atoms with Crippen LogP contribution in [0.5, 0.6) is 0 Å². The van der Waals surface area contributed by atoms with Gasteiger partial charge in [0.1, 0.15) is 0 Å². The van der Waals surface area contributed by atoms with Crippen LogP contribution in [0.25, 0.3) is 11.0 Å². The van der Waals surface area contributed by atoms with E-state index in [-0.39, 0.29) is 0 Å². The van der Waals surface area contributed by atoms with Gasteiger partial charge >= 0.3 is 0 Å². The Hall–Kier alpha value is -1.55. The van der Waals surface area contributed by atoms with E-state index in [0.29, 0.717) is 6.04 Å². The lowest BCUT2D eigenvalue weighted by atomic mass is 10.2. The van der Waals surface area contributed by atoms with E-state index in [2.05, 4.69) is 45.0 Å². The molecule has 1 unspecified atom stereocenters. The maximum atomic E-state index is 4.41. The largest absolute Gasteiger partial charge is 0.370 e. The fourth-order valence-corrected chi connectivity index (χ4v) is 2.52. The monoisotopic (exact) mass is 230 g/mol. The summed E-state index contributed by atoms with van der Waals surface area (Å²) in [5.41, 5.74) is 3.51. The van der Waals surface area contributed by atoms with Crippen molar-refractivity contribution in [2.24, 2.45) is 7.05 Å². The Bertz CT molecular complexity index is 525. The van der Waals surface area contributed by atoms with Crippen LogP contribution in [-0.2, 0) is 7.05 Å². The van der Waals surface area contributed by atoms with Gasteiger partial charge in [0.05, 0.1) is 17.4 Å². The summed E-state index contributed by atoms with van der Waals surface area (Å²) < 4.78 is 2.05. The first-order valence-corrected chi connectivity index (χ1v) is 6.10. The van der Waals surface area contributed by atoms with Gasteiger partial charge < -0.3 is 14.8 Å². The van der Waals surface area contributed by atoms with Gasteiger partial charge in [0.2, 0.25) is 0 Å². The molecule has 1 saturated heterocycles.